The van der Waals surface area contributed by atoms with E-state index in [1.54, 1.807) is 0 Å². The minimum Gasteiger partial charge on any atom is -0.381 e. The third kappa shape index (κ3) is 5.24. The van der Waals surface area contributed by atoms with Crippen LogP contribution in [0.3, 0.4) is 0 Å². The Kier molecular flexibility index (Phi) is 5.35. The molecule has 1 aliphatic heterocycles. The van der Waals surface area contributed by atoms with Crippen molar-refractivity contribution >= 4 is 0 Å². The molecule has 0 saturated carbocycles. The second-order valence-corrected chi connectivity index (χ2v) is 3.90. The molecular weight excluding hydrogens is 166 g/mol. The highest BCUT2D eigenvalue weighted by Crippen LogP contribution is 2.14. The molecule has 0 aromatic carbocycles. The van der Waals surface area contributed by atoms with Crippen LogP contribution in [0.2, 0.25) is 0 Å². The first-order valence-electron chi connectivity index (χ1n) is 5.20. The molecule has 0 bridgehead atoms. The van der Waals surface area contributed by atoms with E-state index in [1.807, 2.05) is 6.92 Å². The van der Waals surface area contributed by atoms with Crippen LogP contribution >= 0.6 is 0 Å². The van der Waals surface area contributed by atoms with Crippen molar-refractivity contribution in [3.63, 3.8) is 0 Å². The van der Waals surface area contributed by atoms with E-state index >= 15 is 0 Å². The van der Waals surface area contributed by atoms with Gasteiger partial charge in [-0.2, -0.15) is 0 Å². The number of hydrogen-bond acceptors (Lipinski definition) is 3. The van der Waals surface area contributed by atoms with Crippen LogP contribution in [0.4, 0.5) is 0 Å². The lowest BCUT2D eigenvalue weighted by Crippen LogP contribution is -2.22. The van der Waals surface area contributed by atoms with Crippen molar-refractivity contribution in [3.8, 4) is 0 Å². The number of hydrogen-bond donors (Lipinski definition) is 1. The monoisotopic (exact) mass is 187 g/mol. The molecule has 3 nitrogen and oxygen atoms in total. The van der Waals surface area contributed by atoms with Crippen LogP contribution in [0.1, 0.15) is 26.2 Å². The van der Waals surface area contributed by atoms with E-state index in [0.29, 0.717) is 5.92 Å². The predicted molar refractivity (Wildman–Crippen MR) is 52.6 cm³/mol. The summed E-state index contributed by atoms with van der Waals surface area (Å²) < 4.78 is 10.8. The van der Waals surface area contributed by atoms with E-state index in [4.69, 9.17) is 15.2 Å². The Bertz CT molecular complexity index is 122. The molecule has 1 atom stereocenters. The average molecular weight is 187 g/mol. The maximum atomic E-state index is 5.61. The smallest absolute Gasteiger partial charge is 0.0495 e. The molecule has 13 heavy (non-hydrogen) atoms. The second-order valence-electron chi connectivity index (χ2n) is 3.90. The Balaban J connectivity index is 1.92. The third-order valence-electron chi connectivity index (χ3n) is 2.41. The molecule has 78 valence electrons. The fraction of sp³-hybridized carbons (Fsp3) is 1.00. The SMILES string of the molecule is CC(N)CCOCC1CCOCC1. The van der Waals surface area contributed by atoms with Crippen LogP contribution in [0.25, 0.3) is 0 Å². The largest absolute Gasteiger partial charge is 0.381 e. The lowest BCUT2D eigenvalue weighted by atomic mass is 10.0. The molecule has 0 amide bonds. The van der Waals surface area contributed by atoms with Crippen molar-refractivity contribution in [2.45, 2.75) is 32.2 Å². The lowest BCUT2D eigenvalue weighted by molar-refractivity contribution is 0.0194. The summed E-state index contributed by atoms with van der Waals surface area (Å²) in [5.41, 5.74) is 5.61. The van der Waals surface area contributed by atoms with Gasteiger partial charge in [0.25, 0.3) is 0 Å². The van der Waals surface area contributed by atoms with Gasteiger partial charge >= 0.3 is 0 Å². The van der Waals surface area contributed by atoms with Gasteiger partial charge in [-0.1, -0.05) is 0 Å². The maximum absolute atomic E-state index is 5.61. The molecule has 1 fully saturated rings. The highest BCUT2D eigenvalue weighted by Gasteiger charge is 2.13. The summed E-state index contributed by atoms with van der Waals surface area (Å²) in [5, 5.41) is 0. The summed E-state index contributed by atoms with van der Waals surface area (Å²) in [6.45, 7) is 5.51. The van der Waals surface area contributed by atoms with Crippen molar-refractivity contribution in [2.75, 3.05) is 26.4 Å². The Hall–Kier alpha value is -0.120. The van der Waals surface area contributed by atoms with E-state index < -0.39 is 0 Å². The van der Waals surface area contributed by atoms with Gasteiger partial charge in [0.1, 0.15) is 0 Å². The van der Waals surface area contributed by atoms with Gasteiger partial charge in [0, 0.05) is 32.5 Å². The van der Waals surface area contributed by atoms with Gasteiger partial charge in [0.15, 0.2) is 0 Å². The molecule has 2 N–H and O–H groups in total. The van der Waals surface area contributed by atoms with E-state index in [-0.39, 0.29) is 6.04 Å². The summed E-state index contributed by atoms with van der Waals surface area (Å²) in [6, 6.07) is 0.259. The topological polar surface area (TPSA) is 44.5 Å². The minimum atomic E-state index is 0.259. The normalized spacial score (nSPS) is 21.7. The Morgan fingerprint density at radius 1 is 1.46 bits per heavy atom. The number of ether oxygens (including phenoxy) is 2. The van der Waals surface area contributed by atoms with E-state index in [0.717, 1.165) is 45.7 Å². The minimum absolute atomic E-state index is 0.259. The number of rotatable bonds is 5. The second kappa shape index (κ2) is 6.35. The quantitative estimate of drug-likeness (QED) is 0.657. The average Bonchev–Trinajstić information content (AvgIpc) is 2.14. The van der Waals surface area contributed by atoms with E-state index in [2.05, 4.69) is 0 Å². The van der Waals surface area contributed by atoms with Crippen LogP contribution in [0.15, 0.2) is 0 Å². The highest BCUT2D eigenvalue weighted by molar-refractivity contribution is 4.62. The Morgan fingerprint density at radius 2 is 2.15 bits per heavy atom. The molecule has 0 spiro atoms. The predicted octanol–water partition coefficient (Wildman–Crippen LogP) is 1.17. The van der Waals surface area contributed by atoms with Gasteiger partial charge in [-0.25, -0.2) is 0 Å². The van der Waals surface area contributed by atoms with Gasteiger partial charge in [-0.15, -0.1) is 0 Å². The standard InChI is InChI=1S/C10H21NO2/c1-9(11)2-5-13-8-10-3-6-12-7-4-10/h9-10H,2-8,11H2,1H3. The maximum Gasteiger partial charge on any atom is 0.0495 e. The van der Waals surface area contributed by atoms with Gasteiger partial charge in [-0.05, 0) is 32.1 Å². The van der Waals surface area contributed by atoms with Gasteiger partial charge in [0.2, 0.25) is 0 Å². The summed E-state index contributed by atoms with van der Waals surface area (Å²) in [4.78, 5) is 0. The van der Waals surface area contributed by atoms with Crippen LogP contribution in [-0.2, 0) is 9.47 Å². The van der Waals surface area contributed by atoms with E-state index in [1.165, 1.54) is 0 Å². The summed E-state index contributed by atoms with van der Waals surface area (Å²) in [5.74, 6) is 0.710. The lowest BCUT2D eigenvalue weighted by Gasteiger charge is -2.21. The fourth-order valence-electron chi connectivity index (χ4n) is 1.43. The molecule has 0 aromatic heterocycles. The summed E-state index contributed by atoms with van der Waals surface area (Å²) in [7, 11) is 0. The molecule has 0 radical (unpaired) electrons. The Morgan fingerprint density at radius 3 is 2.77 bits per heavy atom. The van der Waals surface area contributed by atoms with Gasteiger partial charge in [-0.3, -0.25) is 0 Å². The molecule has 1 unspecified atom stereocenters. The number of nitrogens with two attached hydrogens (primary N) is 1. The summed E-state index contributed by atoms with van der Waals surface area (Å²) in [6.07, 6.45) is 3.26. The first-order chi connectivity index (χ1) is 6.29. The zero-order chi connectivity index (χ0) is 9.52. The van der Waals surface area contributed by atoms with Crippen molar-refractivity contribution < 1.29 is 9.47 Å². The van der Waals surface area contributed by atoms with Crippen LogP contribution in [-0.4, -0.2) is 32.5 Å². The molecule has 1 heterocycles. The highest BCUT2D eigenvalue weighted by atomic mass is 16.5. The molecule has 1 aliphatic rings. The van der Waals surface area contributed by atoms with Crippen LogP contribution in [0, 0.1) is 5.92 Å². The molecular formula is C10H21NO2. The third-order valence-corrected chi connectivity index (χ3v) is 2.41. The van der Waals surface area contributed by atoms with Crippen molar-refractivity contribution in [1.82, 2.24) is 0 Å². The first kappa shape index (κ1) is 11.0. The van der Waals surface area contributed by atoms with Crippen LogP contribution in [0.5, 0.6) is 0 Å². The molecule has 1 saturated heterocycles. The van der Waals surface area contributed by atoms with Crippen molar-refractivity contribution in [2.24, 2.45) is 11.7 Å². The zero-order valence-corrected chi connectivity index (χ0v) is 8.50. The first-order valence-corrected chi connectivity index (χ1v) is 5.20. The van der Waals surface area contributed by atoms with E-state index in [9.17, 15) is 0 Å². The van der Waals surface area contributed by atoms with Gasteiger partial charge in [0.05, 0.1) is 0 Å². The Labute approximate surface area is 80.6 Å². The molecule has 1 rings (SSSR count). The van der Waals surface area contributed by atoms with Crippen molar-refractivity contribution in [3.05, 3.63) is 0 Å². The molecule has 0 aliphatic carbocycles. The molecule has 0 aromatic rings. The molecule has 3 heteroatoms. The van der Waals surface area contributed by atoms with Gasteiger partial charge < -0.3 is 15.2 Å². The van der Waals surface area contributed by atoms with Crippen LogP contribution < -0.4 is 5.73 Å². The summed E-state index contributed by atoms with van der Waals surface area (Å²) >= 11 is 0. The fourth-order valence-corrected chi connectivity index (χ4v) is 1.43. The zero-order valence-electron chi connectivity index (χ0n) is 8.50. The van der Waals surface area contributed by atoms with Crippen molar-refractivity contribution in [1.29, 1.82) is 0 Å².